The predicted octanol–water partition coefficient (Wildman–Crippen LogP) is 4.25. The molecule has 0 saturated carbocycles. The Balaban J connectivity index is 1.67. The van der Waals surface area contributed by atoms with Crippen molar-refractivity contribution < 1.29 is 18.3 Å². The first-order valence-corrected chi connectivity index (χ1v) is 9.10. The minimum absolute atomic E-state index is 0.0463. The standard InChI is InChI=1S/C21H18F2N2O2/c22-12-7-14-19(26)10-27-9-15-20(14)18(8-12)25-21(15)11-3-4-13(16(23)6-11)17-2-1-5-24-17/h3-4,6-8,17,24-25H,1-2,5,9-10H2/t17-/m1/s1. The molecule has 0 amide bonds. The van der Waals surface area contributed by atoms with E-state index < -0.39 is 5.82 Å². The van der Waals surface area contributed by atoms with Crippen LogP contribution < -0.4 is 5.32 Å². The number of Topliss-reactive ketones (excluding diaryl/α,β-unsaturated/α-hetero) is 1. The number of carbonyl (C=O) groups excluding carboxylic acids is 1. The molecule has 138 valence electrons. The van der Waals surface area contributed by atoms with Crippen LogP contribution in [-0.4, -0.2) is 23.9 Å². The largest absolute Gasteiger partial charge is 0.369 e. The number of H-pyrrole nitrogens is 1. The van der Waals surface area contributed by atoms with Gasteiger partial charge in [0.1, 0.15) is 18.2 Å². The smallest absolute Gasteiger partial charge is 0.189 e. The maximum absolute atomic E-state index is 14.8. The number of hydrogen-bond donors (Lipinski definition) is 2. The highest BCUT2D eigenvalue weighted by atomic mass is 19.1. The average molecular weight is 368 g/mol. The summed E-state index contributed by atoms with van der Waals surface area (Å²) < 4.78 is 34.2. The van der Waals surface area contributed by atoms with Crippen LogP contribution in [0.4, 0.5) is 8.78 Å². The molecule has 0 unspecified atom stereocenters. The van der Waals surface area contributed by atoms with Crippen molar-refractivity contribution in [3.8, 4) is 11.3 Å². The number of hydrogen-bond acceptors (Lipinski definition) is 3. The van der Waals surface area contributed by atoms with Gasteiger partial charge in [-0.15, -0.1) is 0 Å². The molecule has 0 spiro atoms. The Hall–Kier alpha value is -2.57. The van der Waals surface area contributed by atoms with Crippen molar-refractivity contribution in [2.45, 2.75) is 25.5 Å². The number of aromatic nitrogens is 1. The van der Waals surface area contributed by atoms with E-state index in [2.05, 4.69) is 10.3 Å². The Morgan fingerprint density at radius 2 is 2.00 bits per heavy atom. The Labute approximate surface area is 154 Å². The summed E-state index contributed by atoms with van der Waals surface area (Å²) >= 11 is 0. The third kappa shape index (κ3) is 2.67. The van der Waals surface area contributed by atoms with E-state index in [0.29, 0.717) is 33.3 Å². The third-order valence-electron chi connectivity index (χ3n) is 5.47. The van der Waals surface area contributed by atoms with E-state index in [-0.39, 0.29) is 30.9 Å². The maximum atomic E-state index is 14.8. The first kappa shape index (κ1) is 16.6. The van der Waals surface area contributed by atoms with E-state index >= 15 is 0 Å². The van der Waals surface area contributed by atoms with Gasteiger partial charge in [0, 0.05) is 39.2 Å². The van der Waals surface area contributed by atoms with Crippen LogP contribution in [0.3, 0.4) is 0 Å². The monoisotopic (exact) mass is 368 g/mol. The lowest BCUT2D eigenvalue weighted by Gasteiger charge is -2.13. The van der Waals surface area contributed by atoms with Crippen LogP contribution in [0.2, 0.25) is 0 Å². The fraction of sp³-hybridized carbons (Fsp3) is 0.286. The van der Waals surface area contributed by atoms with E-state index in [0.717, 1.165) is 24.9 Å². The summed E-state index contributed by atoms with van der Waals surface area (Å²) in [4.78, 5) is 15.4. The molecule has 0 aliphatic carbocycles. The minimum atomic E-state index is -0.485. The number of aromatic amines is 1. The van der Waals surface area contributed by atoms with Gasteiger partial charge in [-0.3, -0.25) is 4.79 Å². The van der Waals surface area contributed by atoms with Crippen molar-refractivity contribution >= 4 is 16.7 Å². The van der Waals surface area contributed by atoms with Gasteiger partial charge in [0.05, 0.1) is 12.3 Å². The molecule has 0 radical (unpaired) electrons. The van der Waals surface area contributed by atoms with Crippen LogP contribution in [0.15, 0.2) is 30.3 Å². The molecular weight excluding hydrogens is 350 g/mol. The van der Waals surface area contributed by atoms with Gasteiger partial charge in [-0.2, -0.15) is 0 Å². The summed E-state index contributed by atoms with van der Waals surface area (Å²) in [6.45, 7) is 1.03. The number of benzene rings is 2. The van der Waals surface area contributed by atoms with Crippen LogP contribution in [0.1, 0.15) is 40.4 Å². The van der Waals surface area contributed by atoms with Gasteiger partial charge in [-0.05, 0) is 37.6 Å². The van der Waals surface area contributed by atoms with Crippen molar-refractivity contribution in [2.24, 2.45) is 0 Å². The van der Waals surface area contributed by atoms with Crippen molar-refractivity contribution in [1.29, 1.82) is 0 Å². The predicted molar refractivity (Wildman–Crippen MR) is 97.6 cm³/mol. The molecule has 2 aliphatic rings. The zero-order valence-electron chi connectivity index (χ0n) is 14.6. The van der Waals surface area contributed by atoms with Crippen molar-refractivity contribution in [3.63, 3.8) is 0 Å². The van der Waals surface area contributed by atoms with Crippen LogP contribution in [0.5, 0.6) is 0 Å². The van der Waals surface area contributed by atoms with Gasteiger partial charge in [0.25, 0.3) is 0 Å². The number of rotatable bonds is 2. The summed E-state index contributed by atoms with van der Waals surface area (Å²) in [7, 11) is 0. The quantitative estimate of drug-likeness (QED) is 0.711. The Morgan fingerprint density at radius 1 is 1.11 bits per heavy atom. The van der Waals surface area contributed by atoms with Gasteiger partial charge < -0.3 is 15.0 Å². The lowest BCUT2D eigenvalue weighted by Crippen LogP contribution is -2.14. The number of nitrogens with one attached hydrogen (secondary N) is 2. The molecule has 5 rings (SSSR count). The fourth-order valence-corrected chi connectivity index (χ4v) is 4.22. The molecule has 1 saturated heterocycles. The highest BCUT2D eigenvalue weighted by Gasteiger charge is 2.25. The van der Waals surface area contributed by atoms with E-state index in [4.69, 9.17) is 4.74 Å². The molecule has 4 nitrogen and oxygen atoms in total. The molecule has 1 fully saturated rings. The summed E-state index contributed by atoms with van der Waals surface area (Å²) in [5, 5.41) is 3.97. The zero-order chi connectivity index (χ0) is 18.5. The van der Waals surface area contributed by atoms with Crippen molar-refractivity contribution in [1.82, 2.24) is 10.3 Å². The minimum Gasteiger partial charge on any atom is -0.369 e. The molecule has 3 aromatic rings. The summed E-state index contributed by atoms with van der Waals surface area (Å²) in [6, 6.07) is 7.82. The Kier molecular flexibility index (Phi) is 3.84. The van der Waals surface area contributed by atoms with Gasteiger partial charge in [0.2, 0.25) is 0 Å². The normalized spacial score (nSPS) is 19.6. The average Bonchev–Trinajstić information content (AvgIpc) is 3.25. The third-order valence-corrected chi connectivity index (χ3v) is 5.47. The summed E-state index contributed by atoms with van der Waals surface area (Å²) in [5.41, 5.74) is 3.58. The molecule has 2 aromatic carbocycles. The van der Waals surface area contributed by atoms with E-state index in [9.17, 15) is 13.6 Å². The molecule has 2 N–H and O–H groups in total. The van der Waals surface area contributed by atoms with E-state index in [1.165, 1.54) is 18.2 Å². The highest BCUT2D eigenvalue weighted by Crippen LogP contribution is 2.37. The molecule has 2 aliphatic heterocycles. The second kappa shape index (κ2) is 6.25. The molecule has 1 aromatic heterocycles. The highest BCUT2D eigenvalue weighted by molar-refractivity contribution is 6.11. The number of ether oxygens (including phenoxy) is 1. The number of ketones is 1. The lowest BCUT2D eigenvalue weighted by molar-refractivity contribution is 0.0742. The second-order valence-electron chi connectivity index (χ2n) is 7.16. The Morgan fingerprint density at radius 3 is 2.78 bits per heavy atom. The summed E-state index contributed by atoms with van der Waals surface area (Å²) in [5.74, 6) is -1.01. The first-order valence-electron chi connectivity index (χ1n) is 9.10. The zero-order valence-corrected chi connectivity index (χ0v) is 14.6. The first-order chi connectivity index (χ1) is 13.1. The number of halogens is 2. The SMILES string of the molecule is O=C1COCc2c(-c3ccc([C@H]4CCCN4)c(F)c3)[nH]c3cc(F)cc1c23. The molecule has 3 heterocycles. The van der Waals surface area contributed by atoms with Crippen LogP contribution in [0, 0.1) is 11.6 Å². The topological polar surface area (TPSA) is 54.1 Å². The number of carbonyl (C=O) groups is 1. The second-order valence-corrected chi connectivity index (χ2v) is 7.16. The summed E-state index contributed by atoms with van der Waals surface area (Å²) in [6.07, 6.45) is 1.96. The molecule has 1 atom stereocenters. The molecule has 6 heteroatoms. The van der Waals surface area contributed by atoms with Crippen molar-refractivity contribution in [2.75, 3.05) is 13.2 Å². The van der Waals surface area contributed by atoms with Gasteiger partial charge >= 0.3 is 0 Å². The van der Waals surface area contributed by atoms with Gasteiger partial charge in [-0.1, -0.05) is 12.1 Å². The van der Waals surface area contributed by atoms with Crippen LogP contribution in [-0.2, 0) is 11.3 Å². The molecule has 27 heavy (non-hydrogen) atoms. The lowest BCUT2D eigenvalue weighted by atomic mass is 9.98. The van der Waals surface area contributed by atoms with E-state index in [1.54, 1.807) is 6.07 Å². The van der Waals surface area contributed by atoms with Crippen molar-refractivity contribution in [3.05, 3.63) is 58.7 Å². The Bertz CT molecular complexity index is 1070. The molecule has 0 bridgehead atoms. The maximum Gasteiger partial charge on any atom is 0.189 e. The van der Waals surface area contributed by atoms with E-state index in [1.807, 2.05) is 6.07 Å². The van der Waals surface area contributed by atoms with Gasteiger partial charge in [-0.25, -0.2) is 8.78 Å². The van der Waals surface area contributed by atoms with Crippen LogP contribution in [0.25, 0.3) is 22.2 Å². The fourth-order valence-electron chi connectivity index (χ4n) is 4.22. The van der Waals surface area contributed by atoms with Crippen LogP contribution >= 0.6 is 0 Å². The van der Waals surface area contributed by atoms with Gasteiger partial charge in [0.15, 0.2) is 5.78 Å². The molecular formula is C21H18F2N2O2.